The first kappa shape index (κ1) is 18.7. The van der Waals surface area contributed by atoms with Crippen molar-refractivity contribution in [3.8, 4) is 0 Å². The van der Waals surface area contributed by atoms with Crippen LogP contribution in [0.2, 0.25) is 0 Å². The lowest BCUT2D eigenvalue weighted by Gasteiger charge is -2.20. The lowest BCUT2D eigenvalue weighted by molar-refractivity contribution is 0.510. The van der Waals surface area contributed by atoms with Gasteiger partial charge in [-0.25, -0.2) is 10.8 Å². The third-order valence-corrected chi connectivity index (χ3v) is 5.14. The molecule has 0 aliphatic heterocycles. The Hall–Kier alpha value is -3.05. The van der Waals surface area contributed by atoms with Gasteiger partial charge in [-0.1, -0.05) is 42.5 Å². The van der Waals surface area contributed by atoms with Crippen LogP contribution in [0.25, 0.3) is 5.70 Å². The molecule has 0 aliphatic rings. The van der Waals surface area contributed by atoms with Gasteiger partial charge in [0.05, 0.1) is 12.0 Å². The number of hydrazine groups is 1. The van der Waals surface area contributed by atoms with Crippen LogP contribution < -0.4 is 11.6 Å². The summed E-state index contributed by atoms with van der Waals surface area (Å²) in [5, 5.41) is 1.53. The van der Waals surface area contributed by atoms with E-state index in [1.165, 1.54) is 33.5 Å². The van der Waals surface area contributed by atoms with Crippen molar-refractivity contribution in [2.75, 3.05) is 7.05 Å². The summed E-state index contributed by atoms with van der Waals surface area (Å²) in [6.07, 6.45) is 6.07. The number of hydrogen-bond acceptors (Lipinski definition) is 4. The third kappa shape index (κ3) is 4.04. The van der Waals surface area contributed by atoms with Crippen molar-refractivity contribution < 1.29 is 0 Å². The van der Waals surface area contributed by atoms with Crippen LogP contribution in [0.15, 0.2) is 61.2 Å². The van der Waals surface area contributed by atoms with Gasteiger partial charge < -0.3 is 15.7 Å². The number of benzene rings is 2. The van der Waals surface area contributed by atoms with Gasteiger partial charge in [0, 0.05) is 36.6 Å². The van der Waals surface area contributed by atoms with Crippen molar-refractivity contribution in [3.05, 3.63) is 94.7 Å². The highest BCUT2D eigenvalue weighted by molar-refractivity contribution is 5.63. The predicted molar refractivity (Wildman–Crippen MR) is 111 cm³/mol. The first-order chi connectivity index (χ1) is 13.0. The second kappa shape index (κ2) is 8.10. The number of rotatable bonds is 6. The number of hydrogen-bond donors (Lipinski definition) is 3. The molecule has 0 aliphatic carbocycles. The molecule has 0 amide bonds. The molecule has 0 saturated carbocycles. The molecule has 0 spiro atoms. The molecule has 3 rings (SSSR count). The molecule has 0 bridgehead atoms. The average molecular weight is 361 g/mol. The summed E-state index contributed by atoms with van der Waals surface area (Å²) in [5.41, 5.74) is 13.8. The zero-order chi connectivity index (χ0) is 19.4. The van der Waals surface area contributed by atoms with Crippen LogP contribution in [0.4, 0.5) is 0 Å². The molecule has 1 aromatic heterocycles. The highest BCUT2D eigenvalue weighted by Crippen LogP contribution is 2.31. The molecule has 27 heavy (non-hydrogen) atoms. The van der Waals surface area contributed by atoms with Crippen molar-refractivity contribution in [1.82, 2.24) is 15.0 Å². The number of aryl methyl sites for hydroxylation is 1. The molecular formula is C22H27N5. The quantitative estimate of drug-likeness (QED) is 0.464. The van der Waals surface area contributed by atoms with E-state index < -0.39 is 0 Å². The fourth-order valence-electron chi connectivity index (χ4n) is 3.46. The van der Waals surface area contributed by atoms with E-state index in [-0.39, 0.29) is 5.92 Å². The Morgan fingerprint density at radius 2 is 1.93 bits per heavy atom. The summed E-state index contributed by atoms with van der Waals surface area (Å²) in [6.45, 7) is 4.34. The second-order valence-corrected chi connectivity index (χ2v) is 6.91. The lowest BCUT2D eigenvalue weighted by atomic mass is 9.85. The van der Waals surface area contributed by atoms with Crippen molar-refractivity contribution in [3.63, 3.8) is 0 Å². The van der Waals surface area contributed by atoms with Crippen LogP contribution in [0.5, 0.6) is 0 Å². The van der Waals surface area contributed by atoms with Crippen LogP contribution in [0.1, 0.15) is 39.4 Å². The molecule has 2 aromatic carbocycles. The van der Waals surface area contributed by atoms with Gasteiger partial charge >= 0.3 is 0 Å². The van der Waals surface area contributed by atoms with Crippen molar-refractivity contribution in [2.24, 2.45) is 11.6 Å². The van der Waals surface area contributed by atoms with Crippen molar-refractivity contribution >= 4 is 5.70 Å². The summed E-state index contributed by atoms with van der Waals surface area (Å²) < 4.78 is 0. The van der Waals surface area contributed by atoms with Gasteiger partial charge in [0.15, 0.2) is 0 Å². The van der Waals surface area contributed by atoms with Crippen LogP contribution in [0.3, 0.4) is 0 Å². The minimum Gasteiger partial charge on any atom is -0.403 e. The minimum atomic E-state index is 0.222. The molecule has 0 fully saturated rings. The molecule has 5 nitrogen and oxygen atoms in total. The highest BCUT2D eigenvalue weighted by Gasteiger charge is 2.19. The number of imidazole rings is 1. The first-order valence-corrected chi connectivity index (χ1v) is 9.05. The third-order valence-electron chi connectivity index (χ3n) is 5.14. The molecule has 140 valence electrons. The van der Waals surface area contributed by atoms with Crippen molar-refractivity contribution in [1.29, 1.82) is 0 Å². The largest absolute Gasteiger partial charge is 0.403 e. The summed E-state index contributed by atoms with van der Waals surface area (Å²) in [6, 6.07) is 14.9. The number of aromatic nitrogens is 2. The van der Waals surface area contributed by atoms with Gasteiger partial charge in [-0.2, -0.15) is 0 Å². The molecule has 1 unspecified atom stereocenters. The maximum atomic E-state index is 5.84. The van der Waals surface area contributed by atoms with Crippen molar-refractivity contribution in [2.45, 2.75) is 26.2 Å². The Labute approximate surface area is 160 Å². The Bertz CT molecular complexity index is 908. The predicted octanol–water partition coefficient (Wildman–Crippen LogP) is 3.46. The number of nitrogens with one attached hydrogen (secondary N) is 1. The summed E-state index contributed by atoms with van der Waals surface area (Å²) in [4.78, 5) is 7.53. The van der Waals surface area contributed by atoms with Crippen LogP contribution in [-0.4, -0.2) is 22.0 Å². The lowest BCUT2D eigenvalue weighted by Crippen LogP contribution is -2.24. The maximum absolute atomic E-state index is 5.84. The fraction of sp³-hybridized carbons (Fsp3) is 0.227. The van der Waals surface area contributed by atoms with E-state index >= 15 is 0 Å². The number of nitrogens with two attached hydrogens (primary N) is 2. The van der Waals surface area contributed by atoms with Gasteiger partial charge in [0.25, 0.3) is 0 Å². The van der Waals surface area contributed by atoms with Crippen LogP contribution in [0, 0.1) is 13.8 Å². The molecule has 0 saturated heterocycles. The van der Waals surface area contributed by atoms with Gasteiger partial charge in [-0.05, 0) is 42.5 Å². The number of nitrogens with zero attached hydrogens (tertiary/aromatic N) is 2. The average Bonchev–Trinajstić information content (AvgIpc) is 3.18. The highest BCUT2D eigenvalue weighted by atomic mass is 15.4. The Balaban J connectivity index is 1.93. The minimum absolute atomic E-state index is 0.222. The Kier molecular flexibility index (Phi) is 5.62. The summed E-state index contributed by atoms with van der Waals surface area (Å²) in [7, 11) is 1.78. The standard InChI is InChI=1S/C22H27N5/c1-15-5-4-6-19(16(15)2)20(21-13-25-14-26-21)11-17-7-9-18(10-8-17)22(12-23)27(3)24/h4-10,12-14,20H,11,23-24H2,1-3H3,(H,25,26)/b22-12-. The molecule has 1 heterocycles. The normalized spacial score (nSPS) is 12.8. The zero-order valence-electron chi connectivity index (χ0n) is 16.1. The molecule has 5 N–H and O–H groups in total. The van der Waals surface area contributed by atoms with Crippen LogP contribution in [-0.2, 0) is 6.42 Å². The van der Waals surface area contributed by atoms with Crippen LogP contribution >= 0.6 is 0 Å². The molecular weight excluding hydrogens is 334 g/mol. The van der Waals surface area contributed by atoms with Gasteiger partial charge in [-0.3, -0.25) is 0 Å². The molecule has 5 heteroatoms. The summed E-state index contributed by atoms with van der Waals surface area (Å²) >= 11 is 0. The molecule has 0 radical (unpaired) electrons. The van der Waals surface area contributed by atoms with E-state index in [9.17, 15) is 0 Å². The van der Waals surface area contributed by atoms with E-state index in [0.717, 1.165) is 23.4 Å². The molecule has 3 aromatic rings. The molecule has 1 atom stereocenters. The Morgan fingerprint density at radius 3 is 2.52 bits per heavy atom. The SMILES string of the molecule is Cc1cccc(C(Cc2ccc(/C(=C/N)N(C)N)cc2)c2cnc[nH]2)c1C. The topological polar surface area (TPSA) is 84.0 Å². The first-order valence-electron chi connectivity index (χ1n) is 9.05. The van der Waals surface area contributed by atoms with E-state index in [4.69, 9.17) is 11.6 Å². The van der Waals surface area contributed by atoms with Gasteiger partial charge in [0.1, 0.15) is 0 Å². The number of H-pyrrole nitrogens is 1. The van der Waals surface area contributed by atoms with E-state index in [1.807, 2.05) is 6.20 Å². The Morgan fingerprint density at radius 1 is 1.19 bits per heavy atom. The second-order valence-electron chi connectivity index (χ2n) is 6.91. The van der Waals surface area contributed by atoms with E-state index in [1.54, 1.807) is 13.4 Å². The number of aromatic amines is 1. The van der Waals surface area contributed by atoms with E-state index in [2.05, 4.69) is 66.3 Å². The summed E-state index contributed by atoms with van der Waals surface area (Å²) in [5.74, 6) is 6.07. The van der Waals surface area contributed by atoms with Gasteiger partial charge in [0.2, 0.25) is 0 Å². The zero-order valence-corrected chi connectivity index (χ0v) is 16.1. The maximum Gasteiger partial charge on any atom is 0.0921 e. The smallest absolute Gasteiger partial charge is 0.0921 e. The monoisotopic (exact) mass is 361 g/mol. The van der Waals surface area contributed by atoms with E-state index in [0.29, 0.717) is 0 Å². The van der Waals surface area contributed by atoms with Gasteiger partial charge in [-0.15, -0.1) is 0 Å². The fourth-order valence-corrected chi connectivity index (χ4v) is 3.46.